The summed E-state index contributed by atoms with van der Waals surface area (Å²) < 4.78 is 0. The smallest absolute Gasteiger partial charge is 1.00 e. The molecule has 0 unspecified atom stereocenters. The summed E-state index contributed by atoms with van der Waals surface area (Å²) in [5, 5.41) is 5.15. The number of pyridine rings is 2. The summed E-state index contributed by atoms with van der Waals surface area (Å²) in [7, 11) is 0. The molecule has 0 radical (unpaired) electrons. The second-order valence-electron chi connectivity index (χ2n) is 14.6. The van der Waals surface area contributed by atoms with Crippen molar-refractivity contribution in [1.82, 2.24) is 9.97 Å². The van der Waals surface area contributed by atoms with Gasteiger partial charge in [0.2, 0.25) is 0 Å². The zero-order chi connectivity index (χ0) is 37.0. The van der Waals surface area contributed by atoms with Crippen molar-refractivity contribution in [3.05, 3.63) is 169 Å². The van der Waals surface area contributed by atoms with Crippen LogP contribution >= 0.6 is 0 Å². The van der Waals surface area contributed by atoms with Crippen LogP contribution in [0.3, 0.4) is 0 Å². The van der Waals surface area contributed by atoms with E-state index in [0.717, 1.165) is 11.4 Å². The molecule has 5 heteroatoms. The van der Waals surface area contributed by atoms with Gasteiger partial charge in [0.05, 0.1) is 0 Å². The van der Waals surface area contributed by atoms with Gasteiger partial charge in [-0.15, -0.1) is 69.1 Å². The van der Waals surface area contributed by atoms with Crippen LogP contribution in [0.4, 0.5) is 0 Å². The molecule has 2 aromatic heterocycles. The third kappa shape index (κ3) is 12.0. The molecule has 0 fully saturated rings. The summed E-state index contributed by atoms with van der Waals surface area (Å²) in [6.45, 7) is 4.52. The van der Waals surface area contributed by atoms with E-state index in [9.17, 15) is 0 Å². The van der Waals surface area contributed by atoms with Gasteiger partial charge in [-0.3, -0.25) is 9.97 Å². The summed E-state index contributed by atoms with van der Waals surface area (Å²) in [5.41, 5.74) is 12.5. The van der Waals surface area contributed by atoms with Crippen molar-refractivity contribution in [2.24, 2.45) is 0 Å². The number of hydrogen-bond donors (Lipinski definition) is 0. The first kappa shape index (κ1) is 45.6. The monoisotopic (exact) mass is 864 g/mol. The predicted molar refractivity (Wildman–Crippen MR) is 232 cm³/mol. The summed E-state index contributed by atoms with van der Waals surface area (Å²) in [6, 6.07) is 52.6. The number of nitrogens with zero attached hydrogens (tertiary/aromatic N) is 2. The van der Waals surface area contributed by atoms with Crippen LogP contribution in [-0.2, 0) is 39.0 Å². The molecule has 0 saturated heterocycles. The molecule has 6 aromatic carbocycles. The number of aromatic nitrogens is 2. The van der Waals surface area contributed by atoms with Gasteiger partial charge in [-0.1, -0.05) is 161 Å². The van der Waals surface area contributed by atoms with Gasteiger partial charge in [0.25, 0.3) is 0 Å². The van der Waals surface area contributed by atoms with E-state index in [4.69, 9.17) is 0 Å². The van der Waals surface area contributed by atoms with E-state index in [2.05, 4.69) is 145 Å². The molecule has 0 aliphatic rings. The molecule has 2 heterocycles. The Labute approximate surface area is 371 Å². The number of hydrogen-bond acceptors (Lipinski definition) is 2. The fourth-order valence-electron chi connectivity index (χ4n) is 7.55. The molecule has 0 amide bonds. The number of aryl methyl sites for hydroxylation is 2. The number of fused-ring (bicyclic) bond motifs is 2. The van der Waals surface area contributed by atoms with Crippen LogP contribution in [0.1, 0.15) is 76.3 Å². The van der Waals surface area contributed by atoms with Crippen LogP contribution in [0.2, 0.25) is 0 Å². The van der Waals surface area contributed by atoms with Crippen LogP contribution in [0, 0.1) is 0 Å². The normalized spacial score (nSPS) is 10.6. The zero-order valence-electron chi connectivity index (χ0n) is 33.2. The molecule has 8 aromatic rings. The molecule has 0 atom stereocenters. The molecule has 0 N–H and O–H groups in total. The Balaban J connectivity index is 0.000000240. The topological polar surface area (TPSA) is 25.8 Å². The van der Waals surface area contributed by atoms with E-state index in [0.29, 0.717) is 0 Å². The zero-order valence-corrected chi connectivity index (χ0v) is 37.2. The van der Waals surface area contributed by atoms with Crippen LogP contribution in [0.15, 0.2) is 158 Å². The van der Waals surface area contributed by atoms with Crippen molar-refractivity contribution in [3.8, 4) is 44.8 Å². The largest absolute Gasteiger partial charge is 4.00 e. The average molecular weight is 867 g/mol. The van der Waals surface area contributed by atoms with Gasteiger partial charge < -0.3 is 24.8 Å². The number of benzene rings is 4. The third-order valence-corrected chi connectivity index (χ3v) is 10.6. The second-order valence-corrected chi connectivity index (χ2v) is 14.6. The molecule has 0 aliphatic carbocycles. The van der Waals surface area contributed by atoms with Gasteiger partial charge in [-0.05, 0) is 60.1 Å². The van der Waals surface area contributed by atoms with Gasteiger partial charge in [0, 0.05) is 23.8 Å². The number of halogens is 2. The summed E-state index contributed by atoms with van der Waals surface area (Å²) in [5.74, 6) is 0. The second kappa shape index (κ2) is 23.3. The maximum absolute atomic E-state index is 4.50. The minimum absolute atomic E-state index is 0. The summed E-state index contributed by atoms with van der Waals surface area (Å²) >= 11 is 0. The Bertz CT molecular complexity index is 2180. The number of unbranched alkanes of at least 4 members (excludes halogenated alkanes) is 6. The Morgan fingerprint density at radius 2 is 0.860 bits per heavy atom. The summed E-state index contributed by atoms with van der Waals surface area (Å²) in [6.07, 6.45) is 16.6. The first-order valence-electron chi connectivity index (χ1n) is 20.1. The van der Waals surface area contributed by atoms with Gasteiger partial charge in [0.1, 0.15) is 0 Å². The molecule has 0 aliphatic heterocycles. The van der Waals surface area contributed by atoms with E-state index in [1.165, 1.54) is 130 Å². The van der Waals surface area contributed by atoms with E-state index in [1.807, 2.05) is 36.7 Å². The molecule has 288 valence electrons. The van der Waals surface area contributed by atoms with Crippen molar-refractivity contribution in [2.45, 2.75) is 78.1 Å². The van der Waals surface area contributed by atoms with Gasteiger partial charge in [0.15, 0.2) is 0 Å². The van der Waals surface area contributed by atoms with Crippen molar-refractivity contribution >= 4 is 21.5 Å². The molecular weight excluding hydrogens is 815 g/mol. The first-order chi connectivity index (χ1) is 26.7. The van der Waals surface area contributed by atoms with Crippen LogP contribution < -0.4 is 24.8 Å². The molecule has 2 nitrogen and oxygen atoms in total. The molecule has 57 heavy (non-hydrogen) atoms. The molecule has 0 saturated carbocycles. The molecular formula is C52H52Cl2N2Zr. The van der Waals surface area contributed by atoms with Crippen molar-refractivity contribution < 1.29 is 51.0 Å². The van der Waals surface area contributed by atoms with Crippen molar-refractivity contribution in [3.63, 3.8) is 0 Å². The molecule has 8 rings (SSSR count). The predicted octanol–water partition coefficient (Wildman–Crippen LogP) is 8.83. The van der Waals surface area contributed by atoms with Crippen LogP contribution in [0.5, 0.6) is 0 Å². The SMILES string of the molecule is CCCCCCc1ccc(-c2cccc3[cH-]c(-c4ccccn4)cc23)cc1.CCCCCCc1ccc(-c2cccc3[cH-]c(-c4ccccn4)cc23)cc1.[Cl-].[Cl-].[Zr+4]. The minimum atomic E-state index is 0. The van der Waals surface area contributed by atoms with E-state index < -0.39 is 0 Å². The van der Waals surface area contributed by atoms with Crippen LogP contribution in [-0.4, -0.2) is 9.97 Å². The Morgan fingerprint density at radius 1 is 0.439 bits per heavy atom. The van der Waals surface area contributed by atoms with E-state index in [-0.39, 0.29) is 51.0 Å². The van der Waals surface area contributed by atoms with E-state index >= 15 is 0 Å². The molecule has 0 spiro atoms. The maximum Gasteiger partial charge on any atom is 4.00 e. The average Bonchev–Trinajstić information content (AvgIpc) is 3.88. The number of rotatable bonds is 14. The Hall–Kier alpha value is -4.14. The standard InChI is InChI=1S/2C26H26N.2ClH.Zr/c2*1-2-3-4-5-9-20-13-15-21(16-14-20)24-11-8-10-22-18-23(19-25(22)24)26-12-6-7-17-27-26;;;/h2*6-8,10-19H,2-5,9H2,1H3;2*1H;/q2*-1;;;+4/p-2. The van der Waals surface area contributed by atoms with Crippen molar-refractivity contribution in [2.75, 3.05) is 0 Å². The summed E-state index contributed by atoms with van der Waals surface area (Å²) in [4.78, 5) is 9.00. The molecule has 0 bridgehead atoms. The Morgan fingerprint density at radius 3 is 1.23 bits per heavy atom. The van der Waals surface area contributed by atoms with Gasteiger partial charge in [-0.25, -0.2) is 0 Å². The van der Waals surface area contributed by atoms with E-state index in [1.54, 1.807) is 0 Å². The van der Waals surface area contributed by atoms with Crippen LogP contribution in [0.25, 0.3) is 66.3 Å². The van der Waals surface area contributed by atoms with Gasteiger partial charge in [-0.2, -0.15) is 0 Å². The fraction of sp³-hybridized carbons (Fsp3) is 0.231. The minimum Gasteiger partial charge on any atom is -1.00 e. The van der Waals surface area contributed by atoms with Crippen molar-refractivity contribution in [1.29, 1.82) is 0 Å². The first-order valence-corrected chi connectivity index (χ1v) is 20.1. The third-order valence-electron chi connectivity index (χ3n) is 10.6. The quantitative estimate of drug-likeness (QED) is 0.0808. The van der Waals surface area contributed by atoms with Gasteiger partial charge >= 0.3 is 26.2 Å². The fourth-order valence-corrected chi connectivity index (χ4v) is 7.55. The maximum atomic E-state index is 4.50. The Kier molecular flexibility index (Phi) is 18.6.